The van der Waals surface area contributed by atoms with Crippen molar-refractivity contribution in [1.29, 1.82) is 0 Å². The largest absolute Gasteiger partial charge is 0.352 e. The Morgan fingerprint density at radius 3 is 2.77 bits per heavy atom. The Kier molecular flexibility index (Phi) is 3.72. The number of nitrogens with one attached hydrogen (secondary N) is 1. The van der Waals surface area contributed by atoms with E-state index in [0.717, 1.165) is 25.7 Å². The van der Waals surface area contributed by atoms with Crippen molar-refractivity contribution in [3.63, 3.8) is 0 Å². The first-order valence-electron chi connectivity index (χ1n) is 5.25. The third kappa shape index (κ3) is 2.99. The highest BCUT2D eigenvalue weighted by Gasteiger charge is 2.36. The molecule has 0 aromatic rings. The lowest BCUT2D eigenvalue weighted by atomic mass is 10.1. The minimum atomic E-state index is -0.303. The van der Waals surface area contributed by atoms with Gasteiger partial charge in [0.2, 0.25) is 5.91 Å². The zero-order valence-corrected chi connectivity index (χ0v) is 8.55. The molecule has 1 amide bonds. The second-order valence-electron chi connectivity index (χ2n) is 3.91. The molecule has 0 saturated heterocycles. The molecule has 0 radical (unpaired) electrons. The molecule has 3 heteroatoms. The molecule has 0 spiro atoms. The number of hydrogen-bond acceptors (Lipinski definition) is 2. The van der Waals surface area contributed by atoms with Crippen LogP contribution in [0.2, 0.25) is 0 Å². The molecule has 0 aromatic heterocycles. The van der Waals surface area contributed by atoms with E-state index in [1.54, 1.807) is 0 Å². The van der Waals surface area contributed by atoms with E-state index in [4.69, 9.17) is 5.73 Å². The second-order valence-corrected chi connectivity index (χ2v) is 3.91. The fraction of sp³-hybridized carbons (Fsp3) is 0.900. The van der Waals surface area contributed by atoms with Gasteiger partial charge in [-0.05, 0) is 18.8 Å². The van der Waals surface area contributed by atoms with Crippen molar-refractivity contribution in [1.82, 2.24) is 5.32 Å². The Morgan fingerprint density at radius 2 is 2.31 bits per heavy atom. The highest BCUT2D eigenvalue weighted by Crippen LogP contribution is 2.33. The van der Waals surface area contributed by atoms with Gasteiger partial charge < -0.3 is 11.1 Å². The summed E-state index contributed by atoms with van der Waals surface area (Å²) in [5.41, 5.74) is 5.68. The zero-order chi connectivity index (χ0) is 9.84. The van der Waals surface area contributed by atoms with E-state index >= 15 is 0 Å². The monoisotopic (exact) mass is 184 g/mol. The maximum atomic E-state index is 11.4. The van der Waals surface area contributed by atoms with Crippen LogP contribution in [0.1, 0.15) is 39.5 Å². The minimum absolute atomic E-state index is 0.0304. The number of rotatable bonds is 5. The Balaban J connectivity index is 2.18. The van der Waals surface area contributed by atoms with Crippen molar-refractivity contribution in [2.24, 2.45) is 11.7 Å². The summed E-state index contributed by atoms with van der Waals surface area (Å²) >= 11 is 0. The van der Waals surface area contributed by atoms with Gasteiger partial charge in [0.1, 0.15) is 0 Å². The molecule has 0 aliphatic heterocycles. The summed E-state index contributed by atoms with van der Waals surface area (Å²) in [4.78, 5) is 11.4. The second kappa shape index (κ2) is 4.61. The molecule has 3 unspecified atom stereocenters. The Bertz CT molecular complexity index is 182. The van der Waals surface area contributed by atoms with Crippen molar-refractivity contribution >= 4 is 5.91 Å². The highest BCUT2D eigenvalue weighted by molar-refractivity contribution is 5.82. The molecule has 0 aromatic carbocycles. The summed E-state index contributed by atoms with van der Waals surface area (Å²) in [6.07, 6.45) is 4.06. The van der Waals surface area contributed by atoms with Crippen LogP contribution in [0.15, 0.2) is 0 Å². The summed E-state index contributed by atoms with van der Waals surface area (Å²) in [5.74, 6) is 0.737. The maximum absolute atomic E-state index is 11.4. The number of amides is 1. The third-order valence-electron chi connectivity index (χ3n) is 2.71. The first-order chi connectivity index (χ1) is 6.19. The van der Waals surface area contributed by atoms with Crippen LogP contribution in [-0.2, 0) is 4.79 Å². The van der Waals surface area contributed by atoms with Gasteiger partial charge in [-0.2, -0.15) is 0 Å². The van der Waals surface area contributed by atoms with Gasteiger partial charge in [-0.3, -0.25) is 4.79 Å². The maximum Gasteiger partial charge on any atom is 0.237 e. The van der Waals surface area contributed by atoms with E-state index in [9.17, 15) is 4.79 Å². The summed E-state index contributed by atoms with van der Waals surface area (Å²) < 4.78 is 0. The summed E-state index contributed by atoms with van der Waals surface area (Å²) in [5, 5.41) is 2.98. The van der Waals surface area contributed by atoms with E-state index in [2.05, 4.69) is 12.2 Å². The summed E-state index contributed by atoms with van der Waals surface area (Å²) in [7, 11) is 0. The van der Waals surface area contributed by atoms with Gasteiger partial charge in [-0.15, -0.1) is 0 Å². The standard InChI is InChI=1S/C10H20N2O/c1-3-5-8(11)10(13)12-9-6-7(9)4-2/h7-9H,3-6,11H2,1-2H3,(H,12,13). The number of carbonyl (C=O) groups excluding carboxylic acids is 1. The molecule has 1 aliphatic rings. The van der Waals surface area contributed by atoms with Gasteiger partial charge >= 0.3 is 0 Å². The molecule has 13 heavy (non-hydrogen) atoms. The van der Waals surface area contributed by atoms with Gasteiger partial charge in [-0.25, -0.2) is 0 Å². The summed E-state index contributed by atoms with van der Waals surface area (Å²) in [6.45, 7) is 4.20. The SMILES string of the molecule is CCCC(N)C(=O)NC1CC1CC. The minimum Gasteiger partial charge on any atom is -0.352 e. The molecule has 3 atom stereocenters. The van der Waals surface area contributed by atoms with Crippen LogP contribution < -0.4 is 11.1 Å². The highest BCUT2D eigenvalue weighted by atomic mass is 16.2. The molecule has 1 fully saturated rings. The number of hydrogen-bond donors (Lipinski definition) is 2. The molecule has 1 saturated carbocycles. The molecule has 1 rings (SSSR count). The average molecular weight is 184 g/mol. The Morgan fingerprint density at radius 1 is 1.62 bits per heavy atom. The first-order valence-corrected chi connectivity index (χ1v) is 5.25. The van der Waals surface area contributed by atoms with Crippen LogP contribution in [-0.4, -0.2) is 18.0 Å². The van der Waals surface area contributed by atoms with E-state index < -0.39 is 0 Å². The van der Waals surface area contributed by atoms with E-state index in [1.165, 1.54) is 0 Å². The smallest absolute Gasteiger partial charge is 0.237 e. The molecular formula is C10H20N2O. The third-order valence-corrected chi connectivity index (χ3v) is 2.71. The molecular weight excluding hydrogens is 164 g/mol. The van der Waals surface area contributed by atoms with Crippen molar-refractivity contribution in [2.45, 2.75) is 51.6 Å². The zero-order valence-electron chi connectivity index (χ0n) is 8.55. The molecule has 0 bridgehead atoms. The van der Waals surface area contributed by atoms with Crippen molar-refractivity contribution in [3.05, 3.63) is 0 Å². The van der Waals surface area contributed by atoms with E-state index in [1.807, 2.05) is 6.92 Å². The predicted molar refractivity (Wildman–Crippen MR) is 53.2 cm³/mol. The van der Waals surface area contributed by atoms with E-state index in [0.29, 0.717) is 12.0 Å². The van der Waals surface area contributed by atoms with Gasteiger partial charge in [-0.1, -0.05) is 26.7 Å². The number of nitrogens with two attached hydrogens (primary N) is 1. The predicted octanol–water partition coefficient (Wildman–Crippen LogP) is 1.03. The molecule has 0 heterocycles. The van der Waals surface area contributed by atoms with Crippen LogP contribution in [0, 0.1) is 5.92 Å². The van der Waals surface area contributed by atoms with Crippen molar-refractivity contribution in [3.8, 4) is 0 Å². The van der Waals surface area contributed by atoms with Gasteiger partial charge in [0.25, 0.3) is 0 Å². The molecule has 3 N–H and O–H groups in total. The molecule has 76 valence electrons. The van der Waals surface area contributed by atoms with Crippen LogP contribution in [0.25, 0.3) is 0 Å². The van der Waals surface area contributed by atoms with Crippen molar-refractivity contribution in [2.75, 3.05) is 0 Å². The quantitative estimate of drug-likeness (QED) is 0.670. The summed E-state index contributed by atoms with van der Waals surface area (Å²) in [6, 6.07) is 0.114. The number of carbonyl (C=O) groups is 1. The van der Waals surface area contributed by atoms with Gasteiger partial charge in [0.15, 0.2) is 0 Å². The van der Waals surface area contributed by atoms with Crippen molar-refractivity contribution < 1.29 is 4.79 Å². The Hall–Kier alpha value is -0.570. The van der Waals surface area contributed by atoms with Crippen LogP contribution in [0.4, 0.5) is 0 Å². The lowest BCUT2D eigenvalue weighted by Crippen LogP contribution is -2.41. The van der Waals surface area contributed by atoms with E-state index in [-0.39, 0.29) is 11.9 Å². The fourth-order valence-corrected chi connectivity index (χ4v) is 1.61. The van der Waals surface area contributed by atoms with Gasteiger partial charge in [0.05, 0.1) is 6.04 Å². The molecule has 3 nitrogen and oxygen atoms in total. The topological polar surface area (TPSA) is 55.1 Å². The normalized spacial score (nSPS) is 28.2. The lowest BCUT2D eigenvalue weighted by Gasteiger charge is -2.10. The first kappa shape index (κ1) is 10.5. The molecule has 1 aliphatic carbocycles. The van der Waals surface area contributed by atoms with Gasteiger partial charge in [0, 0.05) is 6.04 Å². The van der Waals surface area contributed by atoms with Crippen LogP contribution in [0.5, 0.6) is 0 Å². The Labute approximate surface area is 80.1 Å². The lowest BCUT2D eigenvalue weighted by molar-refractivity contribution is -0.122. The fourth-order valence-electron chi connectivity index (χ4n) is 1.61. The van der Waals surface area contributed by atoms with Crippen LogP contribution >= 0.6 is 0 Å². The average Bonchev–Trinajstić information content (AvgIpc) is 2.83. The van der Waals surface area contributed by atoms with Crippen LogP contribution in [0.3, 0.4) is 0 Å².